The second kappa shape index (κ2) is 10.6. The number of carbonyl (C=O) groups is 2. The molecule has 3 aromatic rings. The number of amides is 2. The fourth-order valence-corrected chi connectivity index (χ4v) is 5.29. The molecule has 37 heavy (non-hydrogen) atoms. The van der Waals surface area contributed by atoms with Crippen molar-refractivity contribution in [3.05, 3.63) is 95.3 Å². The van der Waals surface area contributed by atoms with E-state index in [1.165, 1.54) is 23.9 Å². The summed E-state index contributed by atoms with van der Waals surface area (Å²) in [4.78, 5) is 29.6. The number of carbonyl (C=O) groups excluding carboxylic acids is 2. The monoisotopic (exact) mass is 516 g/mol. The van der Waals surface area contributed by atoms with Gasteiger partial charge in [-0.2, -0.15) is 10.1 Å². The van der Waals surface area contributed by atoms with Crippen molar-refractivity contribution in [3.8, 4) is 5.75 Å². The zero-order valence-corrected chi connectivity index (χ0v) is 21.2. The summed E-state index contributed by atoms with van der Waals surface area (Å²) >= 11 is 1.21. The summed E-state index contributed by atoms with van der Waals surface area (Å²) in [6, 6.07) is 21.7. The van der Waals surface area contributed by atoms with Gasteiger partial charge >= 0.3 is 0 Å². The molecule has 5 rings (SSSR count). The smallest absolute Gasteiger partial charge is 0.262 e. The summed E-state index contributed by atoms with van der Waals surface area (Å²) < 4.78 is 19.2. The Morgan fingerprint density at radius 1 is 1.11 bits per heavy atom. The van der Waals surface area contributed by atoms with E-state index in [9.17, 15) is 14.0 Å². The van der Waals surface area contributed by atoms with Crippen molar-refractivity contribution in [2.24, 2.45) is 10.1 Å². The number of aliphatic imine (C=N–C) groups is 1. The Morgan fingerprint density at radius 2 is 1.84 bits per heavy atom. The van der Waals surface area contributed by atoms with Gasteiger partial charge in [-0.15, -0.1) is 0 Å². The second-order valence-corrected chi connectivity index (χ2v) is 9.99. The lowest BCUT2D eigenvalue weighted by Gasteiger charge is -2.23. The van der Waals surface area contributed by atoms with E-state index in [1.807, 2.05) is 43.3 Å². The highest BCUT2D eigenvalue weighted by molar-refractivity contribution is 8.15. The molecule has 9 heteroatoms. The summed E-state index contributed by atoms with van der Waals surface area (Å²) in [7, 11) is 1.62. The number of methoxy groups -OCH3 is 1. The Balaban J connectivity index is 1.36. The number of hydrogen-bond acceptors (Lipinski definition) is 6. The molecule has 0 saturated heterocycles. The number of rotatable bonds is 6. The first-order valence-corrected chi connectivity index (χ1v) is 12.7. The van der Waals surface area contributed by atoms with Crippen LogP contribution in [0.25, 0.3) is 0 Å². The Hall–Kier alpha value is -3.98. The topological polar surface area (TPSA) is 83.4 Å². The Bertz CT molecular complexity index is 1390. The number of para-hydroxylation sites is 1. The van der Waals surface area contributed by atoms with E-state index in [0.717, 1.165) is 28.2 Å². The Kier molecular flexibility index (Phi) is 7.05. The number of anilines is 1. The fraction of sp³-hybridized carbons (Fsp3) is 0.214. The van der Waals surface area contributed by atoms with E-state index in [-0.39, 0.29) is 18.2 Å². The molecule has 2 aliphatic heterocycles. The van der Waals surface area contributed by atoms with Gasteiger partial charge in [0, 0.05) is 12.8 Å². The minimum atomic E-state index is -0.708. The van der Waals surface area contributed by atoms with E-state index < -0.39 is 22.9 Å². The summed E-state index contributed by atoms with van der Waals surface area (Å²) in [5.41, 5.74) is 4.10. The lowest BCUT2D eigenvalue weighted by molar-refractivity contribution is -0.121. The van der Waals surface area contributed by atoms with Gasteiger partial charge in [-0.3, -0.25) is 9.59 Å². The van der Waals surface area contributed by atoms with E-state index >= 15 is 0 Å². The van der Waals surface area contributed by atoms with Gasteiger partial charge in [0.1, 0.15) is 16.8 Å². The number of nitrogens with one attached hydrogen (secondary N) is 1. The molecule has 0 bridgehead atoms. The number of hydrazone groups is 1. The average molecular weight is 517 g/mol. The molecule has 2 atom stereocenters. The maximum atomic E-state index is 13.9. The van der Waals surface area contributed by atoms with Crippen LogP contribution in [0.3, 0.4) is 0 Å². The standard InChI is InChI=1S/C28H25FN4O3S/c1-17-7-9-19(10-8-17)24-15-23(18-11-13-20(36-2)14-12-18)32-33(24)28-31-27(35)25(37-28)16-26(34)30-22-6-4-3-5-21(22)29/h3-14,24-25H,15-16H2,1-2H3,(H,30,34). The fourth-order valence-electron chi connectivity index (χ4n) is 4.23. The molecule has 0 saturated carbocycles. The maximum Gasteiger partial charge on any atom is 0.262 e. The van der Waals surface area contributed by atoms with E-state index in [2.05, 4.69) is 22.4 Å². The van der Waals surface area contributed by atoms with Crippen LogP contribution >= 0.6 is 11.8 Å². The highest BCUT2D eigenvalue weighted by Gasteiger charge is 2.39. The van der Waals surface area contributed by atoms with Gasteiger partial charge in [0.2, 0.25) is 5.91 Å². The van der Waals surface area contributed by atoms with Crippen LogP contribution in [0.15, 0.2) is 82.9 Å². The third-order valence-corrected chi connectivity index (χ3v) is 7.38. The largest absolute Gasteiger partial charge is 0.497 e. The van der Waals surface area contributed by atoms with E-state index in [1.54, 1.807) is 24.3 Å². The van der Waals surface area contributed by atoms with Crippen molar-refractivity contribution in [3.63, 3.8) is 0 Å². The molecule has 2 heterocycles. The van der Waals surface area contributed by atoms with Crippen LogP contribution < -0.4 is 10.1 Å². The van der Waals surface area contributed by atoms with E-state index in [0.29, 0.717) is 11.6 Å². The van der Waals surface area contributed by atoms with Gasteiger partial charge in [-0.25, -0.2) is 9.40 Å². The molecule has 0 aliphatic carbocycles. The van der Waals surface area contributed by atoms with Crippen molar-refractivity contribution in [1.82, 2.24) is 5.01 Å². The third kappa shape index (κ3) is 5.41. The third-order valence-electron chi connectivity index (χ3n) is 6.24. The van der Waals surface area contributed by atoms with Gasteiger partial charge in [-0.1, -0.05) is 53.7 Å². The average Bonchev–Trinajstić information content (AvgIpc) is 3.50. The van der Waals surface area contributed by atoms with Crippen LogP contribution in [-0.4, -0.2) is 40.1 Å². The van der Waals surface area contributed by atoms with Crippen molar-refractivity contribution in [1.29, 1.82) is 0 Å². The number of aryl methyl sites for hydroxylation is 1. The molecule has 0 radical (unpaired) electrons. The molecule has 2 unspecified atom stereocenters. The predicted molar refractivity (Wildman–Crippen MR) is 143 cm³/mol. The lowest BCUT2D eigenvalue weighted by Crippen LogP contribution is -2.25. The van der Waals surface area contributed by atoms with Gasteiger partial charge in [0.05, 0.1) is 24.6 Å². The molecule has 2 aliphatic rings. The number of halogens is 1. The molecular formula is C28H25FN4O3S. The molecule has 188 valence electrons. The minimum absolute atomic E-state index is 0.0804. The van der Waals surface area contributed by atoms with Gasteiger partial charge in [0.25, 0.3) is 5.91 Å². The number of benzene rings is 3. The Morgan fingerprint density at radius 3 is 2.54 bits per heavy atom. The predicted octanol–water partition coefficient (Wildman–Crippen LogP) is 5.32. The van der Waals surface area contributed by atoms with Crippen LogP contribution in [0.2, 0.25) is 0 Å². The molecule has 0 fully saturated rings. The van der Waals surface area contributed by atoms with Crippen molar-refractivity contribution >= 4 is 40.1 Å². The summed E-state index contributed by atoms with van der Waals surface area (Å²) in [5, 5.41) is 8.92. The lowest BCUT2D eigenvalue weighted by atomic mass is 9.98. The molecule has 0 aromatic heterocycles. The van der Waals surface area contributed by atoms with Crippen LogP contribution in [0.5, 0.6) is 5.75 Å². The SMILES string of the molecule is COc1ccc(C2=NN(C3=NC(=O)C(CC(=O)Nc4ccccc4F)S3)C(c3ccc(C)cc3)C2)cc1. The molecule has 2 amide bonds. The van der Waals surface area contributed by atoms with Gasteiger partial charge in [0.15, 0.2) is 5.17 Å². The number of amidine groups is 1. The number of ether oxygens (including phenoxy) is 1. The van der Waals surface area contributed by atoms with Crippen LogP contribution in [-0.2, 0) is 9.59 Å². The summed E-state index contributed by atoms with van der Waals surface area (Å²) in [6.45, 7) is 2.03. The highest BCUT2D eigenvalue weighted by atomic mass is 32.2. The van der Waals surface area contributed by atoms with Crippen molar-refractivity contribution in [2.45, 2.75) is 31.1 Å². The molecule has 3 aromatic carbocycles. The molecule has 7 nitrogen and oxygen atoms in total. The molecular weight excluding hydrogens is 491 g/mol. The Labute approximate surface area is 218 Å². The number of thioether (sulfide) groups is 1. The van der Waals surface area contributed by atoms with Gasteiger partial charge in [-0.05, 0) is 54.4 Å². The van der Waals surface area contributed by atoms with Crippen molar-refractivity contribution in [2.75, 3.05) is 12.4 Å². The first-order chi connectivity index (χ1) is 17.9. The number of nitrogens with zero attached hydrogens (tertiary/aromatic N) is 3. The minimum Gasteiger partial charge on any atom is -0.497 e. The zero-order valence-electron chi connectivity index (χ0n) is 20.3. The van der Waals surface area contributed by atoms with Crippen LogP contribution in [0.4, 0.5) is 10.1 Å². The first-order valence-electron chi connectivity index (χ1n) is 11.8. The zero-order chi connectivity index (χ0) is 25.9. The maximum absolute atomic E-state index is 13.9. The highest BCUT2D eigenvalue weighted by Crippen LogP contribution is 2.39. The van der Waals surface area contributed by atoms with Crippen molar-refractivity contribution < 1.29 is 18.7 Å². The normalized spacial score (nSPS) is 19.0. The van der Waals surface area contributed by atoms with Gasteiger partial charge < -0.3 is 10.1 Å². The van der Waals surface area contributed by atoms with Crippen LogP contribution in [0, 0.1) is 12.7 Å². The number of hydrogen-bond donors (Lipinski definition) is 1. The molecule has 1 N–H and O–H groups in total. The molecule has 0 spiro atoms. The second-order valence-electron chi connectivity index (χ2n) is 8.82. The van der Waals surface area contributed by atoms with E-state index in [4.69, 9.17) is 9.84 Å². The van der Waals surface area contributed by atoms with Crippen LogP contribution in [0.1, 0.15) is 35.6 Å². The summed E-state index contributed by atoms with van der Waals surface area (Å²) in [5.74, 6) is -0.630. The summed E-state index contributed by atoms with van der Waals surface area (Å²) in [6.07, 6.45) is 0.504. The quantitative estimate of drug-likeness (QED) is 0.480. The first kappa shape index (κ1) is 24.7.